The molecule has 4 aliphatic rings. The second kappa shape index (κ2) is 2.63. The molecule has 4 rings (SSSR count). The summed E-state index contributed by atoms with van der Waals surface area (Å²) in [6.07, 6.45) is 6.47. The molecule has 0 saturated heterocycles. The summed E-state index contributed by atoms with van der Waals surface area (Å²) in [5.74, 6) is 3.60. The number of rotatable bonds is 2. The van der Waals surface area contributed by atoms with Crippen molar-refractivity contribution in [2.75, 3.05) is 0 Å². The third-order valence-corrected chi connectivity index (χ3v) is 5.17. The predicted molar refractivity (Wildman–Crippen MR) is 58.8 cm³/mol. The van der Waals surface area contributed by atoms with Crippen LogP contribution in [0.25, 0.3) is 0 Å². The molecular formula is C13H21N. The average Bonchev–Trinajstić information content (AvgIpc) is 2.97. The van der Waals surface area contributed by atoms with Gasteiger partial charge in [0.1, 0.15) is 0 Å². The van der Waals surface area contributed by atoms with E-state index in [2.05, 4.69) is 13.5 Å². The van der Waals surface area contributed by atoms with Crippen molar-refractivity contribution in [2.45, 2.75) is 44.6 Å². The van der Waals surface area contributed by atoms with E-state index in [-0.39, 0.29) is 5.54 Å². The molecule has 0 spiro atoms. The topological polar surface area (TPSA) is 26.0 Å². The zero-order valence-corrected chi connectivity index (χ0v) is 9.13. The molecule has 0 radical (unpaired) electrons. The molecule has 0 amide bonds. The molecule has 0 aromatic carbocycles. The zero-order chi connectivity index (χ0) is 9.92. The lowest BCUT2D eigenvalue weighted by atomic mass is 9.59. The summed E-state index contributed by atoms with van der Waals surface area (Å²) in [5, 5.41) is 0. The van der Waals surface area contributed by atoms with Gasteiger partial charge in [0.15, 0.2) is 0 Å². The van der Waals surface area contributed by atoms with Gasteiger partial charge in [0.05, 0.1) is 0 Å². The van der Waals surface area contributed by atoms with Crippen LogP contribution in [0.5, 0.6) is 0 Å². The minimum Gasteiger partial charge on any atom is -0.325 e. The summed E-state index contributed by atoms with van der Waals surface area (Å²) in [7, 11) is 0. The summed E-state index contributed by atoms with van der Waals surface area (Å²) in [6.45, 7) is 6.48. The van der Waals surface area contributed by atoms with Crippen LogP contribution in [0.3, 0.4) is 0 Å². The predicted octanol–water partition coefficient (Wildman–Crippen LogP) is 2.72. The lowest BCUT2D eigenvalue weighted by Crippen LogP contribution is -2.54. The highest BCUT2D eigenvalue weighted by Crippen LogP contribution is 2.66. The SMILES string of the molecule is C=C(CC)C1CC2(N)CCC1C1CC12. The summed E-state index contributed by atoms with van der Waals surface area (Å²) >= 11 is 0. The van der Waals surface area contributed by atoms with Gasteiger partial charge in [-0.15, -0.1) is 0 Å². The van der Waals surface area contributed by atoms with E-state index in [9.17, 15) is 0 Å². The average molecular weight is 191 g/mol. The van der Waals surface area contributed by atoms with E-state index >= 15 is 0 Å². The van der Waals surface area contributed by atoms with Crippen molar-refractivity contribution < 1.29 is 0 Å². The summed E-state index contributed by atoms with van der Waals surface area (Å²) in [6, 6.07) is 0. The van der Waals surface area contributed by atoms with Crippen molar-refractivity contribution in [3.63, 3.8) is 0 Å². The van der Waals surface area contributed by atoms with Crippen molar-refractivity contribution in [3.05, 3.63) is 12.2 Å². The van der Waals surface area contributed by atoms with Crippen LogP contribution in [-0.4, -0.2) is 5.54 Å². The molecule has 4 fully saturated rings. The number of fused-ring (bicyclic) bond motifs is 2. The minimum atomic E-state index is 0.211. The van der Waals surface area contributed by atoms with E-state index in [0.29, 0.717) is 0 Å². The quantitative estimate of drug-likeness (QED) is 0.667. The van der Waals surface area contributed by atoms with Crippen LogP contribution in [0.1, 0.15) is 39.0 Å². The van der Waals surface area contributed by atoms with Crippen LogP contribution >= 0.6 is 0 Å². The molecule has 0 aliphatic heterocycles. The van der Waals surface area contributed by atoms with Crippen molar-refractivity contribution >= 4 is 0 Å². The normalized spacial score (nSPS) is 54.1. The highest BCUT2D eigenvalue weighted by molar-refractivity contribution is 5.21. The Bertz CT molecular complexity index is 283. The standard InChI is InChI=1S/C13H21N/c1-3-8(2)11-7-13(14)5-4-9(11)10-6-12(10)13/h9-12H,2-7,14H2,1H3. The number of hydrogen-bond donors (Lipinski definition) is 1. The molecule has 5 atom stereocenters. The first-order valence-corrected chi connectivity index (χ1v) is 6.12. The van der Waals surface area contributed by atoms with Gasteiger partial charge < -0.3 is 5.73 Å². The Labute approximate surface area is 86.8 Å². The van der Waals surface area contributed by atoms with Crippen molar-refractivity contribution in [2.24, 2.45) is 29.4 Å². The molecule has 2 bridgehead atoms. The fourth-order valence-corrected chi connectivity index (χ4v) is 4.21. The molecule has 14 heavy (non-hydrogen) atoms. The summed E-state index contributed by atoms with van der Waals surface area (Å²) < 4.78 is 0. The maximum Gasteiger partial charge on any atom is 0.0191 e. The van der Waals surface area contributed by atoms with Crippen LogP contribution in [0.4, 0.5) is 0 Å². The maximum absolute atomic E-state index is 6.52. The first-order chi connectivity index (χ1) is 6.65. The summed E-state index contributed by atoms with van der Waals surface area (Å²) in [5.41, 5.74) is 8.20. The third kappa shape index (κ3) is 0.995. The molecule has 0 heterocycles. The van der Waals surface area contributed by atoms with Crippen LogP contribution in [0.15, 0.2) is 12.2 Å². The second-order valence-corrected chi connectivity index (χ2v) is 5.76. The van der Waals surface area contributed by atoms with Gasteiger partial charge in [0, 0.05) is 5.54 Å². The van der Waals surface area contributed by atoms with E-state index in [1.807, 2.05) is 0 Å². The minimum absolute atomic E-state index is 0.211. The van der Waals surface area contributed by atoms with E-state index in [1.165, 1.54) is 31.3 Å². The number of allylic oxidation sites excluding steroid dienone is 1. The van der Waals surface area contributed by atoms with Gasteiger partial charge in [-0.05, 0) is 55.8 Å². The van der Waals surface area contributed by atoms with Crippen LogP contribution in [0.2, 0.25) is 0 Å². The fraction of sp³-hybridized carbons (Fsp3) is 0.846. The molecule has 4 aliphatic carbocycles. The Morgan fingerprint density at radius 1 is 1.50 bits per heavy atom. The number of hydrogen-bond acceptors (Lipinski definition) is 1. The lowest BCUT2D eigenvalue weighted by Gasteiger charge is -2.49. The highest BCUT2D eigenvalue weighted by atomic mass is 14.9. The first-order valence-electron chi connectivity index (χ1n) is 6.12. The molecule has 1 heteroatoms. The van der Waals surface area contributed by atoms with Gasteiger partial charge in [-0.25, -0.2) is 0 Å². The van der Waals surface area contributed by atoms with Crippen LogP contribution in [0, 0.1) is 23.7 Å². The van der Waals surface area contributed by atoms with E-state index in [0.717, 1.165) is 30.1 Å². The molecule has 78 valence electrons. The molecular weight excluding hydrogens is 170 g/mol. The van der Waals surface area contributed by atoms with Gasteiger partial charge in [-0.3, -0.25) is 0 Å². The van der Waals surface area contributed by atoms with Gasteiger partial charge in [0.2, 0.25) is 0 Å². The number of nitrogens with two attached hydrogens (primary N) is 1. The van der Waals surface area contributed by atoms with E-state index in [1.54, 1.807) is 0 Å². The fourth-order valence-electron chi connectivity index (χ4n) is 4.21. The van der Waals surface area contributed by atoms with Crippen LogP contribution in [-0.2, 0) is 0 Å². The Morgan fingerprint density at radius 2 is 2.29 bits per heavy atom. The van der Waals surface area contributed by atoms with Gasteiger partial charge in [-0.2, -0.15) is 0 Å². The molecule has 1 nitrogen and oxygen atoms in total. The monoisotopic (exact) mass is 191 g/mol. The van der Waals surface area contributed by atoms with Crippen LogP contribution < -0.4 is 5.73 Å². The van der Waals surface area contributed by atoms with E-state index in [4.69, 9.17) is 5.73 Å². The molecule has 5 unspecified atom stereocenters. The Hall–Kier alpha value is -0.300. The Morgan fingerprint density at radius 3 is 2.93 bits per heavy atom. The molecule has 2 N–H and O–H groups in total. The van der Waals surface area contributed by atoms with Gasteiger partial charge in [0.25, 0.3) is 0 Å². The van der Waals surface area contributed by atoms with Crippen molar-refractivity contribution in [1.29, 1.82) is 0 Å². The zero-order valence-electron chi connectivity index (χ0n) is 9.13. The first kappa shape index (κ1) is 8.96. The molecule has 0 aromatic heterocycles. The lowest BCUT2D eigenvalue weighted by molar-refractivity contribution is 0.0792. The van der Waals surface area contributed by atoms with Crippen molar-refractivity contribution in [1.82, 2.24) is 0 Å². The van der Waals surface area contributed by atoms with Crippen molar-refractivity contribution in [3.8, 4) is 0 Å². The molecule has 4 saturated carbocycles. The second-order valence-electron chi connectivity index (χ2n) is 5.76. The Kier molecular flexibility index (Phi) is 1.69. The largest absolute Gasteiger partial charge is 0.325 e. The third-order valence-electron chi connectivity index (χ3n) is 5.17. The van der Waals surface area contributed by atoms with E-state index < -0.39 is 0 Å². The van der Waals surface area contributed by atoms with Gasteiger partial charge >= 0.3 is 0 Å². The molecule has 0 aromatic rings. The highest BCUT2D eigenvalue weighted by Gasteiger charge is 2.63. The Balaban J connectivity index is 1.87. The summed E-state index contributed by atoms with van der Waals surface area (Å²) in [4.78, 5) is 0. The smallest absolute Gasteiger partial charge is 0.0191 e. The van der Waals surface area contributed by atoms with Gasteiger partial charge in [-0.1, -0.05) is 19.1 Å². The maximum atomic E-state index is 6.52.